The number of nitrogens with zero attached hydrogens (tertiary/aromatic N) is 4. The van der Waals surface area contributed by atoms with Crippen LogP contribution in [-0.2, 0) is 49.4 Å². The van der Waals surface area contributed by atoms with Crippen LogP contribution in [0.25, 0.3) is 0 Å². The van der Waals surface area contributed by atoms with Gasteiger partial charge in [0.15, 0.2) is 11.6 Å². The predicted octanol–water partition coefficient (Wildman–Crippen LogP) is 2.64. The molecule has 1 fully saturated rings. The molecule has 222 valence electrons. The molecule has 0 bridgehead atoms. The molecule has 13 nitrogen and oxygen atoms in total. The van der Waals surface area contributed by atoms with Gasteiger partial charge in [0.2, 0.25) is 0 Å². The highest BCUT2D eigenvalue weighted by atomic mass is 31.2. The number of rotatable bonds is 12. The zero-order valence-corrected chi connectivity index (χ0v) is 24.0. The van der Waals surface area contributed by atoms with Gasteiger partial charge < -0.3 is 23.6 Å². The molecule has 0 saturated carbocycles. The first kappa shape index (κ1) is 29.8. The largest absolute Gasteiger partial charge is 0.378 e. The van der Waals surface area contributed by atoms with E-state index in [1.165, 1.54) is 21.5 Å². The van der Waals surface area contributed by atoms with Gasteiger partial charge in [-0.2, -0.15) is 0 Å². The summed E-state index contributed by atoms with van der Waals surface area (Å²) in [5.74, 6) is -2.81. The van der Waals surface area contributed by atoms with E-state index in [4.69, 9.17) is 18.5 Å². The molecular weight excluding hydrogens is 565 g/mol. The molecule has 0 radical (unpaired) electrons. The highest BCUT2D eigenvalue weighted by Gasteiger charge is 2.52. The Labute approximate surface area is 241 Å². The van der Waals surface area contributed by atoms with Gasteiger partial charge in [0.25, 0.3) is 5.56 Å². The van der Waals surface area contributed by atoms with Crippen molar-refractivity contribution in [2.45, 2.75) is 64.0 Å². The van der Waals surface area contributed by atoms with Crippen molar-refractivity contribution < 1.29 is 28.2 Å². The van der Waals surface area contributed by atoms with Crippen LogP contribution in [0.1, 0.15) is 30.7 Å². The van der Waals surface area contributed by atoms with E-state index in [1.807, 2.05) is 60.7 Å². The summed E-state index contributed by atoms with van der Waals surface area (Å²) in [6, 6.07) is 19.5. The summed E-state index contributed by atoms with van der Waals surface area (Å²) < 4.78 is 40.7. The van der Waals surface area contributed by atoms with Crippen molar-refractivity contribution in [1.82, 2.24) is 24.5 Å². The van der Waals surface area contributed by atoms with Crippen LogP contribution in [-0.4, -0.2) is 53.5 Å². The van der Waals surface area contributed by atoms with Crippen LogP contribution in [0.4, 0.5) is 0 Å². The average Bonchev–Trinajstić information content (AvgIpc) is 3.55. The highest BCUT2D eigenvalue weighted by Crippen LogP contribution is 2.56. The van der Waals surface area contributed by atoms with Gasteiger partial charge >= 0.3 is 13.3 Å². The number of hydrogen-bond acceptors (Lipinski definition) is 10. The van der Waals surface area contributed by atoms with Crippen molar-refractivity contribution in [1.29, 1.82) is 0 Å². The Balaban J connectivity index is 1.34. The number of nitrogens with one attached hydrogen (secondary N) is 1. The second kappa shape index (κ2) is 12.7. The number of benzene rings is 2. The maximum absolute atomic E-state index is 14.2. The van der Waals surface area contributed by atoms with Gasteiger partial charge in [0.1, 0.15) is 17.9 Å². The fraction of sp³-hybridized carbons (Fsp3) is 0.357. The average molecular weight is 598 g/mol. The second-order valence-corrected chi connectivity index (χ2v) is 12.4. The molecule has 0 unspecified atom stereocenters. The first-order valence-electron chi connectivity index (χ1n) is 13.3. The van der Waals surface area contributed by atoms with Crippen molar-refractivity contribution in [2.24, 2.45) is 0 Å². The molecule has 14 heteroatoms. The molecule has 5 rings (SSSR count). The molecule has 3 atom stereocenters. The van der Waals surface area contributed by atoms with E-state index in [0.717, 1.165) is 11.1 Å². The fourth-order valence-corrected chi connectivity index (χ4v) is 6.18. The van der Waals surface area contributed by atoms with E-state index >= 15 is 0 Å². The van der Waals surface area contributed by atoms with Crippen LogP contribution >= 0.6 is 7.60 Å². The van der Waals surface area contributed by atoms with E-state index in [2.05, 4.69) is 15.3 Å². The molecule has 4 aromatic rings. The molecule has 2 aromatic heterocycles. The Hall–Kier alpha value is -3.71. The van der Waals surface area contributed by atoms with Crippen molar-refractivity contribution in [2.75, 3.05) is 0 Å². The van der Waals surface area contributed by atoms with Gasteiger partial charge in [-0.25, -0.2) is 9.48 Å². The minimum absolute atomic E-state index is 0.0534. The van der Waals surface area contributed by atoms with Crippen LogP contribution < -0.4 is 11.2 Å². The topological polar surface area (TPSA) is 160 Å². The zero-order valence-electron chi connectivity index (χ0n) is 23.1. The van der Waals surface area contributed by atoms with Gasteiger partial charge in [-0.05, 0) is 25.0 Å². The lowest BCUT2D eigenvalue weighted by Gasteiger charge is -2.29. The van der Waals surface area contributed by atoms with Crippen molar-refractivity contribution in [3.05, 3.63) is 117 Å². The first-order chi connectivity index (χ1) is 20.1. The Morgan fingerprint density at radius 3 is 2.21 bits per heavy atom. The molecule has 0 aliphatic carbocycles. The maximum atomic E-state index is 14.2. The quantitative estimate of drug-likeness (QED) is 0.233. The second-order valence-electron chi connectivity index (χ2n) is 10.3. The molecular formula is C28H32N5O8P. The fourth-order valence-electron chi connectivity index (χ4n) is 4.53. The Bertz CT molecular complexity index is 1590. The standard InChI is InChI=1S/C28H32N5O8P/c1-28(2)40-23(17-33-16-22(30-31-33)15-32-14-13-24(34)29-27(32)36)25(41-28)26(35)42(37,38-18-20-9-5-3-6-10-20)39-19-21-11-7-4-8-12-21/h3-14,16,23,25-26,35H,15,17-19H2,1-2H3,(H,29,34,36)/t23-,25+,26-/m0/s1. The summed E-state index contributed by atoms with van der Waals surface area (Å²) in [6.45, 7) is 3.41. The third-order valence-electron chi connectivity index (χ3n) is 6.53. The van der Waals surface area contributed by atoms with Gasteiger partial charge in [0.05, 0.1) is 32.5 Å². The number of aromatic amines is 1. The first-order valence-corrected chi connectivity index (χ1v) is 14.9. The summed E-state index contributed by atoms with van der Waals surface area (Å²) in [6.07, 6.45) is 1.06. The predicted molar refractivity (Wildman–Crippen MR) is 150 cm³/mol. The Kier molecular flexibility index (Phi) is 8.97. The summed E-state index contributed by atoms with van der Waals surface area (Å²) in [5.41, 5.74) is 0.887. The summed E-state index contributed by atoms with van der Waals surface area (Å²) in [7, 11) is -4.20. The molecule has 2 aromatic carbocycles. The minimum Gasteiger partial charge on any atom is -0.378 e. The van der Waals surface area contributed by atoms with E-state index in [9.17, 15) is 19.3 Å². The number of ether oxygens (including phenoxy) is 2. The SMILES string of the molecule is CC1(C)O[C@@H]([C@@H](O)P(=O)(OCc2ccccc2)OCc2ccccc2)[C@H](Cn2cc(Cn3ccc(=O)[nH]c3=O)nn2)O1. The van der Waals surface area contributed by atoms with Crippen molar-refractivity contribution >= 4 is 7.60 Å². The monoisotopic (exact) mass is 597 g/mol. The van der Waals surface area contributed by atoms with Gasteiger partial charge in [-0.15, -0.1) is 5.10 Å². The van der Waals surface area contributed by atoms with Gasteiger partial charge in [-0.3, -0.25) is 18.9 Å². The molecule has 2 N–H and O–H groups in total. The Morgan fingerprint density at radius 2 is 1.62 bits per heavy atom. The third kappa shape index (κ3) is 7.37. The zero-order chi connectivity index (χ0) is 29.7. The summed E-state index contributed by atoms with van der Waals surface area (Å²) in [4.78, 5) is 25.6. The van der Waals surface area contributed by atoms with Gasteiger partial charge in [-0.1, -0.05) is 65.9 Å². The van der Waals surface area contributed by atoms with E-state index in [0.29, 0.717) is 5.69 Å². The molecule has 42 heavy (non-hydrogen) atoms. The third-order valence-corrected chi connectivity index (χ3v) is 8.45. The number of aliphatic hydroxyl groups is 1. The molecule has 1 aliphatic heterocycles. The molecule has 3 heterocycles. The maximum Gasteiger partial charge on any atom is 0.362 e. The summed E-state index contributed by atoms with van der Waals surface area (Å²) >= 11 is 0. The Morgan fingerprint density at radius 1 is 1.00 bits per heavy atom. The molecule has 1 saturated heterocycles. The lowest BCUT2D eigenvalue weighted by atomic mass is 10.2. The number of H-pyrrole nitrogens is 1. The number of aliphatic hydroxyl groups excluding tert-OH is 1. The van der Waals surface area contributed by atoms with Crippen molar-refractivity contribution in [3.8, 4) is 0 Å². The van der Waals surface area contributed by atoms with Crippen LogP contribution in [0, 0.1) is 0 Å². The number of aromatic nitrogens is 5. The molecule has 1 aliphatic rings. The normalized spacial score (nSPS) is 19.1. The number of hydrogen-bond donors (Lipinski definition) is 2. The van der Waals surface area contributed by atoms with Crippen LogP contribution in [0.15, 0.2) is 88.7 Å². The lowest BCUT2D eigenvalue weighted by molar-refractivity contribution is -0.152. The van der Waals surface area contributed by atoms with E-state index in [1.54, 1.807) is 20.0 Å². The van der Waals surface area contributed by atoms with Gasteiger partial charge in [0, 0.05) is 12.3 Å². The van der Waals surface area contributed by atoms with E-state index < -0.39 is 42.7 Å². The lowest BCUT2D eigenvalue weighted by Crippen LogP contribution is -2.38. The smallest absolute Gasteiger partial charge is 0.362 e. The highest BCUT2D eigenvalue weighted by molar-refractivity contribution is 7.54. The van der Waals surface area contributed by atoms with Crippen LogP contribution in [0.5, 0.6) is 0 Å². The minimum atomic E-state index is -4.20. The van der Waals surface area contributed by atoms with E-state index in [-0.39, 0.29) is 26.3 Å². The van der Waals surface area contributed by atoms with Crippen molar-refractivity contribution in [3.63, 3.8) is 0 Å². The molecule has 0 spiro atoms. The summed E-state index contributed by atoms with van der Waals surface area (Å²) in [5, 5.41) is 19.7. The van der Waals surface area contributed by atoms with Crippen LogP contribution in [0.2, 0.25) is 0 Å². The van der Waals surface area contributed by atoms with Crippen LogP contribution in [0.3, 0.4) is 0 Å². The molecule has 0 amide bonds.